The van der Waals surface area contributed by atoms with Gasteiger partial charge < -0.3 is 14.7 Å². The van der Waals surface area contributed by atoms with Gasteiger partial charge in [0.15, 0.2) is 17.4 Å². The van der Waals surface area contributed by atoms with E-state index in [1.54, 1.807) is 0 Å². The Morgan fingerprint density at radius 3 is 2.43 bits per heavy atom. The first kappa shape index (κ1) is 21.3. The van der Waals surface area contributed by atoms with E-state index in [0.29, 0.717) is 16.0 Å². The average Bonchev–Trinajstić information content (AvgIpc) is 2.63. The van der Waals surface area contributed by atoms with Crippen molar-refractivity contribution in [2.75, 3.05) is 44.2 Å². The average molecular weight is 476 g/mol. The molecule has 1 N–H and O–H groups in total. The van der Waals surface area contributed by atoms with Crippen molar-refractivity contribution in [1.29, 1.82) is 0 Å². The summed E-state index contributed by atoms with van der Waals surface area (Å²) in [4.78, 5) is 4.38. The molecule has 0 bridgehead atoms. The molecule has 0 saturated carbocycles. The SMILES string of the molecule is Cc1ccc(Cl)cc1N1CCN(C[C@H](O)COc2c(F)cc(Br)cc2F)CC1. The zero-order chi connectivity index (χ0) is 20.3. The van der Waals surface area contributed by atoms with E-state index in [1.807, 2.05) is 18.2 Å². The Bertz CT molecular complexity index is 809. The molecule has 1 aliphatic rings. The van der Waals surface area contributed by atoms with E-state index in [4.69, 9.17) is 16.3 Å². The monoisotopic (exact) mass is 474 g/mol. The molecule has 3 rings (SSSR count). The van der Waals surface area contributed by atoms with E-state index >= 15 is 0 Å². The van der Waals surface area contributed by atoms with Crippen molar-refractivity contribution in [3.8, 4) is 5.75 Å². The number of aryl methyl sites for hydroxylation is 1. The minimum absolute atomic E-state index is 0.177. The van der Waals surface area contributed by atoms with Gasteiger partial charge in [-0.1, -0.05) is 33.6 Å². The van der Waals surface area contributed by atoms with Gasteiger partial charge in [-0.2, -0.15) is 0 Å². The number of β-amino-alcohol motifs (C(OH)–C–C–N with tert-alkyl or cyclic N) is 1. The fourth-order valence-electron chi connectivity index (χ4n) is 3.29. The summed E-state index contributed by atoms with van der Waals surface area (Å²) >= 11 is 9.13. The van der Waals surface area contributed by atoms with Gasteiger partial charge in [0.2, 0.25) is 0 Å². The molecule has 28 heavy (non-hydrogen) atoms. The number of hydrogen-bond donors (Lipinski definition) is 1. The molecule has 1 atom stereocenters. The standard InChI is InChI=1S/C20H22BrClF2N2O2/c1-13-2-3-15(22)10-19(13)26-6-4-25(5-7-26)11-16(27)12-28-20-17(23)8-14(21)9-18(20)24/h2-3,8-10,16,27H,4-7,11-12H2,1H3/t16-/m0/s1. The highest BCUT2D eigenvalue weighted by atomic mass is 79.9. The number of piperazine rings is 1. The van der Waals surface area contributed by atoms with Crippen molar-refractivity contribution in [1.82, 2.24) is 4.90 Å². The fourth-order valence-corrected chi connectivity index (χ4v) is 3.86. The van der Waals surface area contributed by atoms with Gasteiger partial charge in [-0.05, 0) is 36.8 Å². The molecule has 152 valence electrons. The summed E-state index contributed by atoms with van der Waals surface area (Å²) < 4.78 is 33.0. The van der Waals surface area contributed by atoms with Crippen molar-refractivity contribution in [2.45, 2.75) is 13.0 Å². The Labute approximate surface area is 176 Å². The third-order valence-electron chi connectivity index (χ3n) is 4.74. The molecule has 1 aliphatic heterocycles. The van der Waals surface area contributed by atoms with Gasteiger partial charge in [-0.3, -0.25) is 4.90 Å². The van der Waals surface area contributed by atoms with Crippen molar-refractivity contribution < 1.29 is 18.6 Å². The van der Waals surface area contributed by atoms with Crippen LogP contribution in [0.5, 0.6) is 5.75 Å². The molecule has 0 amide bonds. The summed E-state index contributed by atoms with van der Waals surface area (Å²) in [7, 11) is 0. The van der Waals surface area contributed by atoms with E-state index in [0.717, 1.165) is 44.0 Å². The number of hydrogen-bond acceptors (Lipinski definition) is 4. The van der Waals surface area contributed by atoms with Gasteiger partial charge in [0.1, 0.15) is 12.7 Å². The molecular weight excluding hydrogens is 454 g/mol. The quantitative estimate of drug-likeness (QED) is 0.678. The first-order valence-electron chi connectivity index (χ1n) is 9.02. The molecule has 0 aromatic heterocycles. The Kier molecular flexibility index (Phi) is 7.15. The molecule has 2 aromatic carbocycles. The second-order valence-corrected chi connectivity index (χ2v) is 8.23. The number of aliphatic hydroxyl groups excluding tert-OH is 1. The molecule has 0 unspecified atom stereocenters. The number of ether oxygens (including phenoxy) is 1. The number of anilines is 1. The topological polar surface area (TPSA) is 35.9 Å². The fraction of sp³-hybridized carbons (Fsp3) is 0.400. The highest BCUT2D eigenvalue weighted by Crippen LogP contribution is 2.27. The minimum Gasteiger partial charge on any atom is -0.485 e. The van der Waals surface area contributed by atoms with Crippen LogP contribution in [-0.2, 0) is 0 Å². The van der Waals surface area contributed by atoms with Gasteiger partial charge in [-0.15, -0.1) is 0 Å². The maximum Gasteiger partial charge on any atom is 0.190 e. The Balaban J connectivity index is 1.49. The number of rotatable bonds is 6. The molecule has 4 nitrogen and oxygen atoms in total. The summed E-state index contributed by atoms with van der Waals surface area (Å²) in [6.07, 6.45) is -0.845. The maximum absolute atomic E-state index is 13.8. The van der Waals surface area contributed by atoms with E-state index in [9.17, 15) is 13.9 Å². The smallest absolute Gasteiger partial charge is 0.190 e. The Morgan fingerprint density at radius 1 is 1.14 bits per heavy atom. The van der Waals surface area contributed by atoms with Crippen molar-refractivity contribution in [2.24, 2.45) is 0 Å². The van der Waals surface area contributed by atoms with Crippen LogP contribution in [0.4, 0.5) is 14.5 Å². The van der Waals surface area contributed by atoms with Crippen LogP contribution in [0.2, 0.25) is 5.02 Å². The van der Waals surface area contributed by atoms with Crippen molar-refractivity contribution in [3.05, 3.63) is 57.0 Å². The lowest BCUT2D eigenvalue weighted by atomic mass is 10.1. The van der Waals surface area contributed by atoms with E-state index in [-0.39, 0.29) is 6.61 Å². The van der Waals surface area contributed by atoms with Crippen LogP contribution in [0.3, 0.4) is 0 Å². The number of benzene rings is 2. The Hall–Kier alpha value is -1.41. The summed E-state index contributed by atoms with van der Waals surface area (Å²) in [5.74, 6) is -2.07. The highest BCUT2D eigenvalue weighted by Gasteiger charge is 2.21. The predicted molar refractivity (Wildman–Crippen MR) is 110 cm³/mol. The second kappa shape index (κ2) is 9.39. The van der Waals surface area contributed by atoms with Crippen LogP contribution in [0.15, 0.2) is 34.8 Å². The van der Waals surface area contributed by atoms with Gasteiger partial charge >= 0.3 is 0 Å². The van der Waals surface area contributed by atoms with E-state index in [1.165, 1.54) is 5.56 Å². The lowest BCUT2D eigenvalue weighted by Crippen LogP contribution is -2.49. The number of halogens is 4. The summed E-state index contributed by atoms with van der Waals surface area (Å²) in [5.41, 5.74) is 2.29. The first-order valence-corrected chi connectivity index (χ1v) is 10.2. The predicted octanol–water partition coefficient (Wildman–Crippen LogP) is 4.25. The first-order chi connectivity index (χ1) is 13.3. The van der Waals surface area contributed by atoms with E-state index < -0.39 is 23.5 Å². The van der Waals surface area contributed by atoms with Crippen molar-refractivity contribution in [3.63, 3.8) is 0 Å². The third-order valence-corrected chi connectivity index (χ3v) is 5.43. The van der Waals surface area contributed by atoms with Gasteiger partial charge in [0.05, 0.1) is 0 Å². The molecule has 2 aromatic rings. The molecular formula is C20H22BrClF2N2O2. The number of aliphatic hydroxyl groups is 1. The van der Waals surface area contributed by atoms with E-state index in [2.05, 4.69) is 32.7 Å². The zero-order valence-electron chi connectivity index (χ0n) is 15.5. The highest BCUT2D eigenvalue weighted by molar-refractivity contribution is 9.10. The maximum atomic E-state index is 13.8. The lowest BCUT2D eigenvalue weighted by Gasteiger charge is -2.37. The van der Waals surface area contributed by atoms with Crippen molar-refractivity contribution >= 4 is 33.2 Å². The van der Waals surface area contributed by atoms with Gasteiger partial charge in [0, 0.05) is 47.9 Å². The largest absolute Gasteiger partial charge is 0.485 e. The Morgan fingerprint density at radius 2 is 1.79 bits per heavy atom. The van der Waals surface area contributed by atoms with Crippen LogP contribution in [0.1, 0.15) is 5.56 Å². The van der Waals surface area contributed by atoms with Crippen LogP contribution < -0.4 is 9.64 Å². The molecule has 1 heterocycles. The van der Waals surface area contributed by atoms with Gasteiger partial charge in [-0.25, -0.2) is 8.78 Å². The minimum atomic E-state index is -0.845. The molecule has 0 aliphatic carbocycles. The van der Waals surface area contributed by atoms with Crippen LogP contribution in [0, 0.1) is 18.6 Å². The molecule has 1 fully saturated rings. The van der Waals surface area contributed by atoms with Crippen LogP contribution in [-0.4, -0.2) is 55.4 Å². The molecule has 0 spiro atoms. The molecule has 8 heteroatoms. The summed E-state index contributed by atoms with van der Waals surface area (Å²) in [6, 6.07) is 8.11. The second-order valence-electron chi connectivity index (χ2n) is 6.88. The van der Waals surface area contributed by atoms with Crippen LogP contribution in [0.25, 0.3) is 0 Å². The summed E-state index contributed by atoms with van der Waals surface area (Å²) in [6.45, 7) is 5.41. The normalized spacial score (nSPS) is 16.3. The van der Waals surface area contributed by atoms with Crippen LogP contribution >= 0.6 is 27.5 Å². The zero-order valence-corrected chi connectivity index (χ0v) is 17.8. The third kappa shape index (κ3) is 5.35. The van der Waals surface area contributed by atoms with Gasteiger partial charge in [0.25, 0.3) is 0 Å². The number of nitrogens with zero attached hydrogens (tertiary/aromatic N) is 2. The lowest BCUT2D eigenvalue weighted by molar-refractivity contribution is 0.0634. The molecule has 1 saturated heterocycles. The summed E-state index contributed by atoms with van der Waals surface area (Å²) in [5, 5.41) is 10.9. The molecule has 0 radical (unpaired) electrons.